The Morgan fingerprint density at radius 1 is 1.21 bits per heavy atom. The molecule has 0 nitrogen and oxygen atoms in total. The largest absolute Gasteiger partial charge is 0.129 e. The van der Waals surface area contributed by atoms with Crippen molar-refractivity contribution in [3.05, 3.63) is 53.8 Å². The molecule has 0 aliphatic heterocycles. The van der Waals surface area contributed by atoms with E-state index in [1.807, 2.05) is 0 Å². The molecule has 1 aromatic carbocycles. The van der Waals surface area contributed by atoms with Crippen LogP contribution in [0.1, 0.15) is 25.8 Å². The van der Waals surface area contributed by atoms with Crippen LogP contribution in [-0.2, 0) is 6.42 Å². The number of rotatable bonds is 4. The van der Waals surface area contributed by atoms with Crippen molar-refractivity contribution in [1.29, 1.82) is 0 Å². The van der Waals surface area contributed by atoms with Crippen molar-refractivity contribution in [1.82, 2.24) is 0 Å². The van der Waals surface area contributed by atoms with Crippen molar-refractivity contribution in [2.24, 2.45) is 5.92 Å². The fourth-order valence-corrected chi connectivity index (χ4v) is 1.23. The first-order valence-corrected chi connectivity index (χ1v) is 5.24. The molecule has 0 amide bonds. The summed E-state index contributed by atoms with van der Waals surface area (Å²) in [6.45, 7) is 4.33. The third kappa shape index (κ3) is 4.69. The molecule has 0 bridgehead atoms. The van der Waals surface area contributed by atoms with E-state index in [2.05, 4.69) is 62.1 Å². The molecule has 0 heterocycles. The average Bonchev–Trinajstić information content (AvgIpc) is 2.18. The topological polar surface area (TPSA) is 0 Å². The average molecular weight is 186 g/mol. The maximum absolute atomic E-state index is 3.21. The van der Waals surface area contributed by atoms with Gasteiger partial charge in [-0.2, -0.15) is 0 Å². The lowest BCUT2D eigenvalue weighted by Gasteiger charge is -1.95. The smallest absolute Gasteiger partial charge is 0.0214 e. The summed E-state index contributed by atoms with van der Waals surface area (Å²) < 4.78 is 0. The van der Waals surface area contributed by atoms with Gasteiger partial charge >= 0.3 is 0 Å². The molecule has 0 atom stereocenters. The van der Waals surface area contributed by atoms with Gasteiger partial charge in [-0.25, -0.2) is 0 Å². The van der Waals surface area contributed by atoms with E-state index in [1.165, 1.54) is 5.56 Å². The van der Waals surface area contributed by atoms with Crippen molar-refractivity contribution in [3.8, 4) is 0 Å². The maximum Gasteiger partial charge on any atom is -0.0214 e. The van der Waals surface area contributed by atoms with Gasteiger partial charge in [0.25, 0.3) is 0 Å². The summed E-state index contributed by atoms with van der Waals surface area (Å²) in [6, 6.07) is 10.6. The molecule has 0 saturated carbocycles. The molecular formula is C14H18. The lowest BCUT2D eigenvalue weighted by Crippen LogP contribution is -1.80. The van der Waals surface area contributed by atoms with Gasteiger partial charge in [-0.1, -0.05) is 44.2 Å². The number of hydrogen-bond acceptors (Lipinski definition) is 0. The van der Waals surface area contributed by atoms with Gasteiger partial charge in [0.1, 0.15) is 0 Å². The summed E-state index contributed by atoms with van der Waals surface area (Å²) in [4.78, 5) is 0. The van der Waals surface area contributed by atoms with Crippen LogP contribution < -0.4 is 0 Å². The molecule has 0 radical (unpaired) electrons. The molecule has 14 heavy (non-hydrogen) atoms. The molecule has 0 aromatic heterocycles. The minimum Gasteiger partial charge on any atom is -0.129 e. The van der Waals surface area contributed by atoms with Gasteiger partial charge in [-0.05, 0) is 36.5 Å². The zero-order valence-corrected chi connectivity index (χ0v) is 9.03. The molecule has 0 aliphatic rings. The van der Waals surface area contributed by atoms with Gasteiger partial charge in [0.15, 0.2) is 0 Å². The first kappa shape index (κ1) is 10.8. The highest BCUT2D eigenvalue weighted by molar-refractivity contribution is 5.15. The third-order valence-corrected chi connectivity index (χ3v) is 1.97. The first-order valence-electron chi connectivity index (χ1n) is 5.24. The van der Waals surface area contributed by atoms with Crippen molar-refractivity contribution in [2.75, 3.05) is 0 Å². The monoisotopic (exact) mass is 186 g/mol. The number of allylic oxidation sites excluding steroid dienone is 1. The zero-order valence-electron chi connectivity index (χ0n) is 9.03. The molecule has 0 heteroatoms. The van der Waals surface area contributed by atoms with Crippen LogP contribution in [0.25, 0.3) is 0 Å². The van der Waals surface area contributed by atoms with E-state index < -0.39 is 0 Å². The lowest BCUT2D eigenvalue weighted by molar-refractivity contribution is 0.832. The Labute approximate surface area is 87.0 Å². The molecule has 1 aromatic rings. The second-order valence-corrected chi connectivity index (χ2v) is 3.81. The van der Waals surface area contributed by atoms with E-state index in [0.717, 1.165) is 12.8 Å². The minimum atomic E-state index is 0.600. The molecule has 0 fully saturated rings. The fraction of sp³-hybridized carbons (Fsp3) is 0.357. The SMILES string of the molecule is CC(C)C=C=CCCc1ccccc1. The quantitative estimate of drug-likeness (QED) is 0.624. The number of benzene rings is 1. The van der Waals surface area contributed by atoms with Crippen LogP contribution in [0.3, 0.4) is 0 Å². The second-order valence-electron chi connectivity index (χ2n) is 3.81. The van der Waals surface area contributed by atoms with Crippen molar-refractivity contribution >= 4 is 0 Å². The predicted molar refractivity (Wildman–Crippen MR) is 62.3 cm³/mol. The van der Waals surface area contributed by atoms with E-state index in [4.69, 9.17) is 0 Å². The molecule has 74 valence electrons. The normalized spacial score (nSPS) is 9.64. The highest BCUT2D eigenvalue weighted by Crippen LogP contribution is 2.02. The van der Waals surface area contributed by atoms with E-state index >= 15 is 0 Å². The van der Waals surface area contributed by atoms with Gasteiger partial charge in [-0.15, -0.1) is 5.73 Å². The standard InChI is InChI=1S/C14H18/c1-13(2)9-5-3-6-10-14-11-7-4-8-12-14/h3-4,7-9,11-13H,6,10H2,1-2H3. The fourth-order valence-electron chi connectivity index (χ4n) is 1.23. The molecule has 0 aliphatic carbocycles. The Hall–Kier alpha value is -1.26. The summed E-state index contributed by atoms with van der Waals surface area (Å²) >= 11 is 0. The summed E-state index contributed by atoms with van der Waals surface area (Å²) in [7, 11) is 0. The van der Waals surface area contributed by atoms with Gasteiger partial charge in [0.05, 0.1) is 0 Å². The molecule has 0 unspecified atom stereocenters. The van der Waals surface area contributed by atoms with E-state index in [-0.39, 0.29) is 0 Å². The number of aryl methyl sites for hydroxylation is 1. The van der Waals surface area contributed by atoms with Crippen LogP contribution in [0, 0.1) is 5.92 Å². The van der Waals surface area contributed by atoms with Crippen molar-refractivity contribution in [2.45, 2.75) is 26.7 Å². The molecular weight excluding hydrogens is 168 g/mol. The van der Waals surface area contributed by atoms with E-state index in [0.29, 0.717) is 5.92 Å². The van der Waals surface area contributed by atoms with E-state index in [9.17, 15) is 0 Å². The zero-order chi connectivity index (χ0) is 10.2. The second kappa shape index (κ2) is 6.23. The van der Waals surface area contributed by atoms with Crippen LogP contribution in [0.15, 0.2) is 48.2 Å². The molecule has 1 rings (SSSR count). The molecule has 0 saturated heterocycles. The maximum atomic E-state index is 3.21. The Kier molecular flexibility index (Phi) is 4.82. The first-order chi connectivity index (χ1) is 6.79. The van der Waals surface area contributed by atoms with Crippen LogP contribution in [0.2, 0.25) is 0 Å². The highest BCUT2D eigenvalue weighted by atomic mass is 13.9. The molecule has 0 N–H and O–H groups in total. The molecule has 0 spiro atoms. The van der Waals surface area contributed by atoms with Gasteiger partial charge in [0.2, 0.25) is 0 Å². The minimum absolute atomic E-state index is 0.600. The van der Waals surface area contributed by atoms with Gasteiger partial charge in [-0.3, -0.25) is 0 Å². The third-order valence-electron chi connectivity index (χ3n) is 1.97. The van der Waals surface area contributed by atoms with Crippen LogP contribution >= 0.6 is 0 Å². The van der Waals surface area contributed by atoms with Crippen LogP contribution in [0.5, 0.6) is 0 Å². The predicted octanol–water partition coefficient (Wildman–Crippen LogP) is 3.99. The Morgan fingerprint density at radius 2 is 1.93 bits per heavy atom. The summed E-state index contributed by atoms with van der Waals surface area (Å²) in [6.07, 6.45) is 6.41. The Balaban J connectivity index is 2.32. The van der Waals surface area contributed by atoms with Crippen LogP contribution in [-0.4, -0.2) is 0 Å². The van der Waals surface area contributed by atoms with Crippen LogP contribution in [0.4, 0.5) is 0 Å². The van der Waals surface area contributed by atoms with Gasteiger partial charge < -0.3 is 0 Å². The van der Waals surface area contributed by atoms with Crippen molar-refractivity contribution in [3.63, 3.8) is 0 Å². The van der Waals surface area contributed by atoms with Crippen molar-refractivity contribution < 1.29 is 0 Å². The summed E-state index contributed by atoms with van der Waals surface area (Å²) in [5, 5.41) is 0. The Morgan fingerprint density at radius 3 is 2.57 bits per heavy atom. The number of hydrogen-bond donors (Lipinski definition) is 0. The Bertz CT molecular complexity index is 300. The van der Waals surface area contributed by atoms with Gasteiger partial charge in [0, 0.05) is 0 Å². The lowest BCUT2D eigenvalue weighted by atomic mass is 10.1. The highest BCUT2D eigenvalue weighted by Gasteiger charge is 1.87. The summed E-state index contributed by atoms with van der Waals surface area (Å²) in [5.41, 5.74) is 4.60. The summed E-state index contributed by atoms with van der Waals surface area (Å²) in [5.74, 6) is 0.600. The van der Waals surface area contributed by atoms with E-state index in [1.54, 1.807) is 0 Å².